The monoisotopic (exact) mass is 452 g/mol. The van der Waals surface area contributed by atoms with Gasteiger partial charge in [0.1, 0.15) is 11.5 Å². The summed E-state index contributed by atoms with van der Waals surface area (Å²) in [5.74, 6) is 6.28. The lowest BCUT2D eigenvalue weighted by Crippen LogP contribution is -2.37. The van der Waals surface area contributed by atoms with Gasteiger partial charge in [0.25, 0.3) is 0 Å². The first-order chi connectivity index (χ1) is 15.9. The second kappa shape index (κ2) is 9.71. The van der Waals surface area contributed by atoms with E-state index in [9.17, 15) is 18.0 Å². The van der Waals surface area contributed by atoms with Gasteiger partial charge in [0.15, 0.2) is 6.29 Å². The molecule has 0 unspecified atom stereocenters. The Morgan fingerprint density at radius 1 is 1.00 bits per heavy atom. The topological polar surface area (TPSA) is 67.4 Å². The number of hydrogen-bond acceptors (Lipinski definition) is 6. The van der Waals surface area contributed by atoms with Crippen molar-refractivity contribution >= 4 is 23.7 Å². The van der Waals surface area contributed by atoms with Crippen LogP contribution in [0.2, 0.25) is 0 Å². The maximum atomic E-state index is 13.1. The number of nitrogens with zero attached hydrogens (tertiary/aromatic N) is 3. The van der Waals surface area contributed by atoms with Gasteiger partial charge in [0.05, 0.1) is 24.3 Å². The molecule has 33 heavy (non-hydrogen) atoms. The lowest BCUT2D eigenvalue weighted by atomic mass is 10.1. The molecule has 2 heterocycles. The minimum atomic E-state index is -4.50. The fraction of sp³-hybridized carbons (Fsp3) is 0.208. The average Bonchev–Trinajstić information content (AvgIpc) is 2.83. The fourth-order valence-corrected chi connectivity index (χ4v) is 3.23. The van der Waals surface area contributed by atoms with E-state index in [0.717, 1.165) is 17.7 Å². The summed E-state index contributed by atoms with van der Waals surface area (Å²) in [6.45, 7) is 2.05. The summed E-state index contributed by atoms with van der Waals surface area (Å²) >= 11 is 0. The molecule has 1 aromatic heterocycles. The summed E-state index contributed by atoms with van der Waals surface area (Å²) in [5.41, 5.74) is 0.300. The third kappa shape index (κ3) is 5.48. The number of nitrogens with one attached hydrogen (secondary N) is 1. The molecule has 168 valence electrons. The summed E-state index contributed by atoms with van der Waals surface area (Å²) in [7, 11) is 0. The first-order valence-electron chi connectivity index (χ1n) is 10.2. The Labute approximate surface area is 188 Å². The molecule has 2 aromatic carbocycles. The molecule has 0 atom stereocenters. The van der Waals surface area contributed by atoms with Crippen molar-refractivity contribution in [2.45, 2.75) is 6.18 Å². The lowest BCUT2D eigenvalue weighted by Gasteiger charge is -2.27. The number of rotatable bonds is 4. The Morgan fingerprint density at radius 2 is 1.76 bits per heavy atom. The zero-order valence-electron chi connectivity index (χ0n) is 17.4. The molecular formula is C24H19F3N4O2. The van der Waals surface area contributed by atoms with E-state index in [1.54, 1.807) is 0 Å². The fourth-order valence-electron chi connectivity index (χ4n) is 3.23. The first-order valence-corrected chi connectivity index (χ1v) is 10.2. The van der Waals surface area contributed by atoms with Crippen LogP contribution in [0.5, 0.6) is 0 Å². The standard InChI is InChI=1S/C24H19F3N4O2/c25-24(26,27)18-7-4-8-19(15-18)28-22-20(16-32)21(10-9-17-5-2-1-3-6-17)29-23(30-22)31-11-13-33-14-12-31/h1-8,15-16H,11-14H2,(H,28,29,30). The van der Waals surface area contributed by atoms with Crippen LogP contribution in [0.25, 0.3) is 0 Å². The van der Waals surface area contributed by atoms with Gasteiger partial charge in [-0.25, -0.2) is 4.98 Å². The Balaban J connectivity index is 1.78. The van der Waals surface area contributed by atoms with Crippen LogP contribution in [-0.2, 0) is 10.9 Å². The van der Waals surface area contributed by atoms with Crippen molar-refractivity contribution in [3.05, 3.63) is 77.0 Å². The largest absolute Gasteiger partial charge is 0.416 e. The predicted octanol–water partition coefficient (Wildman–Crippen LogP) is 4.29. The van der Waals surface area contributed by atoms with Gasteiger partial charge in [-0.05, 0) is 36.3 Å². The van der Waals surface area contributed by atoms with E-state index in [-0.39, 0.29) is 22.8 Å². The number of morpholine rings is 1. The molecule has 1 saturated heterocycles. The van der Waals surface area contributed by atoms with Crippen LogP contribution >= 0.6 is 0 Å². The molecule has 0 spiro atoms. The Morgan fingerprint density at radius 3 is 2.45 bits per heavy atom. The van der Waals surface area contributed by atoms with Gasteiger partial charge in [-0.15, -0.1) is 0 Å². The number of carbonyl (C=O) groups is 1. The molecule has 1 aliphatic rings. The summed E-state index contributed by atoms with van der Waals surface area (Å²) in [5, 5.41) is 2.85. The third-order valence-corrected chi connectivity index (χ3v) is 4.90. The van der Waals surface area contributed by atoms with Crippen molar-refractivity contribution < 1.29 is 22.7 Å². The number of alkyl halides is 3. The van der Waals surface area contributed by atoms with Gasteiger partial charge in [-0.1, -0.05) is 30.2 Å². The van der Waals surface area contributed by atoms with E-state index in [0.29, 0.717) is 38.5 Å². The summed E-state index contributed by atoms with van der Waals surface area (Å²) < 4.78 is 44.8. The van der Waals surface area contributed by atoms with Gasteiger partial charge in [0.2, 0.25) is 5.95 Å². The van der Waals surface area contributed by atoms with Crippen molar-refractivity contribution in [2.75, 3.05) is 36.5 Å². The van der Waals surface area contributed by atoms with Gasteiger partial charge in [0, 0.05) is 24.3 Å². The molecule has 4 rings (SSSR count). The zero-order valence-corrected chi connectivity index (χ0v) is 17.4. The molecule has 9 heteroatoms. The van der Waals surface area contributed by atoms with Crippen molar-refractivity contribution in [1.82, 2.24) is 9.97 Å². The van der Waals surface area contributed by atoms with Gasteiger partial charge < -0.3 is 15.0 Å². The highest BCUT2D eigenvalue weighted by Gasteiger charge is 2.30. The Kier molecular flexibility index (Phi) is 6.56. The van der Waals surface area contributed by atoms with Gasteiger partial charge >= 0.3 is 6.18 Å². The third-order valence-electron chi connectivity index (χ3n) is 4.90. The number of benzene rings is 2. The minimum absolute atomic E-state index is 0.0628. The normalized spacial score (nSPS) is 13.7. The number of halogens is 3. The van der Waals surface area contributed by atoms with Gasteiger partial charge in [-0.3, -0.25) is 4.79 Å². The second-order valence-electron chi connectivity index (χ2n) is 7.17. The molecule has 6 nitrogen and oxygen atoms in total. The smallest absolute Gasteiger partial charge is 0.378 e. The number of ether oxygens (including phenoxy) is 1. The maximum absolute atomic E-state index is 13.1. The van der Waals surface area contributed by atoms with E-state index < -0.39 is 11.7 Å². The highest BCUT2D eigenvalue weighted by Crippen LogP contribution is 2.32. The summed E-state index contributed by atoms with van der Waals surface area (Å²) in [6, 6.07) is 13.9. The molecule has 1 aliphatic heterocycles. The zero-order chi connectivity index (χ0) is 23.3. The van der Waals surface area contributed by atoms with Crippen LogP contribution in [0.1, 0.15) is 27.2 Å². The minimum Gasteiger partial charge on any atom is -0.378 e. The Bertz CT molecular complexity index is 1200. The number of aldehydes is 1. The van der Waals surface area contributed by atoms with Crippen LogP contribution < -0.4 is 10.2 Å². The number of aromatic nitrogens is 2. The van der Waals surface area contributed by atoms with E-state index in [4.69, 9.17) is 4.74 Å². The quantitative estimate of drug-likeness (QED) is 0.471. The van der Waals surface area contributed by atoms with Crippen LogP contribution in [0.3, 0.4) is 0 Å². The van der Waals surface area contributed by atoms with E-state index in [2.05, 4.69) is 27.1 Å². The molecule has 1 fully saturated rings. The molecule has 3 aromatic rings. The molecule has 1 N–H and O–H groups in total. The van der Waals surface area contributed by atoms with E-state index in [1.807, 2.05) is 35.2 Å². The van der Waals surface area contributed by atoms with Crippen molar-refractivity contribution in [2.24, 2.45) is 0 Å². The average molecular weight is 452 g/mol. The predicted molar refractivity (Wildman–Crippen MR) is 118 cm³/mol. The molecule has 0 saturated carbocycles. The highest BCUT2D eigenvalue weighted by atomic mass is 19.4. The van der Waals surface area contributed by atoms with Crippen LogP contribution in [-0.4, -0.2) is 42.6 Å². The lowest BCUT2D eigenvalue weighted by molar-refractivity contribution is -0.137. The molecule has 0 amide bonds. The van der Waals surface area contributed by atoms with Crippen LogP contribution in [0.15, 0.2) is 54.6 Å². The van der Waals surface area contributed by atoms with Crippen molar-refractivity contribution in [1.29, 1.82) is 0 Å². The highest BCUT2D eigenvalue weighted by molar-refractivity contribution is 5.87. The first kappa shape index (κ1) is 22.3. The number of carbonyl (C=O) groups excluding carboxylic acids is 1. The number of hydrogen-bond donors (Lipinski definition) is 1. The second-order valence-corrected chi connectivity index (χ2v) is 7.17. The summed E-state index contributed by atoms with van der Waals surface area (Å²) in [6.07, 6.45) is -3.95. The van der Waals surface area contributed by atoms with E-state index >= 15 is 0 Å². The molecule has 0 bridgehead atoms. The van der Waals surface area contributed by atoms with Crippen LogP contribution in [0, 0.1) is 11.8 Å². The Hall–Kier alpha value is -3.90. The van der Waals surface area contributed by atoms with Crippen LogP contribution in [0.4, 0.5) is 30.6 Å². The molecular weight excluding hydrogens is 433 g/mol. The van der Waals surface area contributed by atoms with E-state index in [1.165, 1.54) is 12.1 Å². The van der Waals surface area contributed by atoms with Crippen molar-refractivity contribution in [3.63, 3.8) is 0 Å². The van der Waals surface area contributed by atoms with Crippen molar-refractivity contribution in [3.8, 4) is 11.8 Å². The summed E-state index contributed by atoms with van der Waals surface area (Å²) in [4.78, 5) is 22.8. The molecule has 0 radical (unpaired) electrons. The maximum Gasteiger partial charge on any atom is 0.416 e. The van der Waals surface area contributed by atoms with Gasteiger partial charge in [-0.2, -0.15) is 18.2 Å². The number of anilines is 3. The molecule has 0 aliphatic carbocycles. The SMILES string of the molecule is O=Cc1c(C#Cc2ccccc2)nc(N2CCOCC2)nc1Nc1cccc(C(F)(F)F)c1.